The number of rotatable bonds is 5. The first-order valence-corrected chi connectivity index (χ1v) is 12.0. The molecule has 1 aliphatic heterocycles. The molecule has 0 saturated carbocycles. The molecular formula is C28H28FN5O. The zero-order chi connectivity index (χ0) is 24.4. The van der Waals surface area contributed by atoms with Crippen molar-refractivity contribution in [1.29, 1.82) is 0 Å². The van der Waals surface area contributed by atoms with E-state index in [0.717, 1.165) is 52.3 Å². The first-order chi connectivity index (χ1) is 17.0. The number of hydrogen-bond acceptors (Lipinski definition) is 4. The maximum absolute atomic E-state index is 13.7. The first kappa shape index (κ1) is 22.9. The Morgan fingerprint density at radius 3 is 2.51 bits per heavy atom. The minimum Gasteiger partial charge on any atom is -0.340 e. The molecule has 2 aromatic heterocycles. The SMILES string of the molecule is CCc1cc(-c2ccc(F)c(C)c2)nn1CC(=O)N1CCc2cc(-c3ccccc3)nnc2CC1. The predicted molar refractivity (Wildman–Crippen MR) is 133 cm³/mol. The third-order valence-electron chi connectivity index (χ3n) is 6.62. The number of nitrogens with zero attached hydrogens (tertiary/aromatic N) is 5. The number of carbonyl (C=O) groups is 1. The summed E-state index contributed by atoms with van der Waals surface area (Å²) in [6.07, 6.45) is 2.18. The van der Waals surface area contributed by atoms with Crippen molar-refractivity contribution in [2.45, 2.75) is 39.7 Å². The van der Waals surface area contributed by atoms with E-state index in [4.69, 9.17) is 0 Å². The fourth-order valence-electron chi connectivity index (χ4n) is 4.54. The van der Waals surface area contributed by atoms with Gasteiger partial charge in [-0.15, -0.1) is 0 Å². The molecule has 0 fully saturated rings. The standard InChI is InChI=1S/C28H28FN5O/c1-3-23-17-27(21-9-10-24(29)19(2)15-21)32-34(23)18-28(35)33-13-11-22-16-26(20-7-5-4-6-8-20)31-30-25(22)12-14-33/h4-10,15-17H,3,11-14,18H2,1-2H3. The molecule has 5 rings (SSSR count). The molecule has 2 aromatic carbocycles. The lowest BCUT2D eigenvalue weighted by Gasteiger charge is -2.20. The van der Waals surface area contributed by atoms with Gasteiger partial charge in [0.05, 0.1) is 17.1 Å². The van der Waals surface area contributed by atoms with Gasteiger partial charge in [-0.3, -0.25) is 9.48 Å². The smallest absolute Gasteiger partial charge is 0.244 e. The molecule has 1 aliphatic rings. The van der Waals surface area contributed by atoms with Crippen molar-refractivity contribution in [2.24, 2.45) is 0 Å². The summed E-state index contributed by atoms with van der Waals surface area (Å²) in [5, 5.41) is 13.6. The molecule has 0 saturated heterocycles. The summed E-state index contributed by atoms with van der Waals surface area (Å²) in [5.74, 6) is -0.199. The van der Waals surface area contributed by atoms with Gasteiger partial charge >= 0.3 is 0 Å². The van der Waals surface area contributed by atoms with E-state index in [0.29, 0.717) is 25.1 Å². The second-order valence-electron chi connectivity index (χ2n) is 8.94. The second kappa shape index (κ2) is 9.78. The number of aromatic nitrogens is 4. The van der Waals surface area contributed by atoms with Crippen molar-refractivity contribution in [2.75, 3.05) is 13.1 Å². The summed E-state index contributed by atoms with van der Waals surface area (Å²) in [6, 6.07) is 19.1. The highest BCUT2D eigenvalue weighted by Crippen LogP contribution is 2.23. The molecule has 0 bridgehead atoms. The number of carbonyl (C=O) groups excluding carboxylic acids is 1. The minimum atomic E-state index is -0.234. The average molecular weight is 470 g/mol. The van der Waals surface area contributed by atoms with Gasteiger partial charge in [-0.2, -0.15) is 15.3 Å². The van der Waals surface area contributed by atoms with E-state index in [2.05, 4.69) is 21.4 Å². The average Bonchev–Trinajstić information content (AvgIpc) is 3.16. The van der Waals surface area contributed by atoms with Crippen LogP contribution in [0, 0.1) is 12.7 Å². The zero-order valence-electron chi connectivity index (χ0n) is 20.0. The van der Waals surface area contributed by atoms with Crippen LogP contribution in [0.3, 0.4) is 0 Å². The molecule has 6 nitrogen and oxygen atoms in total. The maximum atomic E-state index is 13.7. The number of amides is 1. The fraction of sp³-hybridized carbons (Fsp3) is 0.286. The lowest BCUT2D eigenvalue weighted by atomic mass is 10.1. The Bertz CT molecular complexity index is 1370. The van der Waals surface area contributed by atoms with Gasteiger partial charge in [0, 0.05) is 36.3 Å². The van der Waals surface area contributed by atoms with E-state index in [-0.39, 0.29) is 18.3 Å². The van der Waals surface area contributed by atoms with E-state index in [1.165, 1.54) is 6.07 Å². The van der Waals surface area contributed by atoms with Gasteiger partial charge in [0.25, 0.3) is 0 Å². The Labute approximate surface area is 204 Å². The van der Waals surface area contributed by atoms with Crippen LogP contribution in [-0.2, 0) is 30.6 Å². The molecule has 7 heteroatoms. The molecule has 178 valence electrons. The Hall–Kier alpha value is -3.87. The molecule has 1 amide bonds. The number of hydrogen-bond donors (Lipinski definition) is 0. The highest BCUT2D eigenvalue weighted by molar-refractivity contribution is 5.76. The Morgan fingerprint density at radius 1 is 0.943 bits per heavy atom. The van der Waals surface area contributed by atoms with Crippen LogP contribution >= 0.6 is 0 Å². The largest absolute Gasteiger partial charge is 0.340 e. The zero-order valence-corrected chi connectivity index (χ0v) is 20.0. The van der Waals surface area contributed by atoms with Gasteiger partial charge in [0.15, 0.2) is 0 Å². The lowest BCUT2D eigenvalue weighted by molar-refractivity contribution is -0.132. The van der Waals surface area contributed by atoms with Crippen molar-refractivity contribution in [3.05, 3.63) is 89.0 Å². The molecule has 3 heterocycles. The van der Waals surface area contributed by atoms with Gasteiger partial charge in [-0.25, -0.2) is 4.39 Å². The van der Waals surface area contributed by atoms with Crippen LogP contribution in [0.4, 0.5) is 4.39 Å². The van der Waals surface area contributed by atoms with E-state index < -0.39 is 0 Å². The van der Waals surface area contributed by atoms with Crippen LogP contribution in [0.5, 0.6) is 0 Å². The van der Waals surface area contributed by atoms with Crippen LogP contribution < -0.4 is 0 Å². The quantitative estimate of drug-likeness (QED) is 0.427. The highest BCUT2D eigenvalue weighted by Gasteiger charge is 2.22. The van der Waals surface area contributed by atoms with Crippen molar-refractivity contribution >= 4 is 5.91 Å². The molecule has 0 unspecified atom stereocenters. The second-order valence-corrected chi connectivity index (χ2v) is 8.94. The third kappa shape index (κ3) is 4.85. The van der Waals surface area contributed by atoms with Gasteiger partial charge < -0.3 is 4.90 Å². The summed E-state index contributed by atoms with van der Waals surface area (Å²) >= 11 is 0. The Morgan fingerprint density at radius 2 is 1.74 bits per heavy atom. The molecule has 0 N–H and O–H groups in total. The summed E-state index contributed by atoms with van der Waals surface area (Å²) in [4.78, 5) is 15.1. The fourth-order valence-corrected chi connectivity index (χ4v) is 4.54. The number of aryl methyl sites for hydroxylation is 2. The minimum absolute atomic E-state index is 0.0358. The van der Waals surface area contributed by atoms with Gasteiger partial charge in [0.1, 0.15) is 12.4 Å². The molecule has 0 aliphatic carbocycles. The van der Waals surface area contributed by atoms with Crippen molar-refractivity contribution < 1.29 is 9.18 Å². The van der Waals surface area contributed by atoms with Crippen LogP contribution in [0.25, 0.3) is 22.5 Å². The topological polar surface area (TPSA) is 63.9 Å². The summed E-state index contributed by atoms with van der Waals surface area (Å²) in [5.41, 5.74) is 7.17. The predicted octanol–water partition coefficient (Wildman–Crippen LogP) is 4.64. The summed E-state index contributed by atoms with van der Waals surface area (Å²) in [7, 11) is 0. The van der Waals surface area contributed by atoms with E-state index in [1.54, 1.807) is 23.7 Å². The number of halogens is 1. The number of benzene rings is 2. The lowest BCUT2D eigenvalue weighted by Crippen LogP contribution is -2.36. The van der Waals surface area contributed by atoms with E-state index in [9.17, 15) is 9.18 Å². The van der Waals surface area contributed by atoms with Gasteiger partial charge in [-0.05, 0) is 61.2 Å². The van der Waals surface area contributed by atoms with Crippen LogP contribution in [0.1, 0.15) is 29.4 Å². The van der Waals surface area contributed by atoms with E-state index in [1.807, 2.05) is 48.2 Å². The van der Waals surface area contributed by atoms with Crippen LogP contribution in [-0.4, -0.2) is 43.9 Å². The van der Waals surface area contributed by atoms with Crippen molar-refractivity contribution in [3.8, 4) is 22.5 Å². The van der Waals surface area contributed by atoms with Crippen LogP contribution in [0.15, 0.2) is 60.7 Å². The summed E-state index contributed by atoms with van der Waals surface area (Å²) < 4.78 is 15.5. The first-order valence-electron chi connectivity index (χ1n) is 12.0. The Balaban J connectivity index is 1.30. The van der Waals surface area contributed by atoms with Crippen molar-refractivity contribution in [1.82, 2.24) is 24.9 Å². The number of fused-ring (bicyclic) bond motifs is 1. The molecular weight excluding hydrogens is 441 g/mol. The highest BCUT2D eigenvalue weighted by atomic mass is 19.1. The van der Waals surface area contributed by atoms with Gasteiger partial charge in [-0.1, -0.05) is 37.3 Å². The molecule has 4 aromatic rings. The van der Waals surface area contributed by atoms with Crippen molar-refractivity contribution in [3.63, 3.8) is 0 Å². The molecule has 0 atom stereocenters. The van der Waals surface area contributed by atoms with Crippen LogP contribution in [0.2, 0.25) is 0 Å². The molecule has 35 heavy (non-hydrogen) atoms. The van der Waals surface area contributed by atoms with E-state index >= 15 is 0 Å². The van der Waals surface area contributed by atoms with Gasteiger partial charge in [0.2, 0.25) is 5.91 Å². The maximum Gasteiger partial charge on any atom is 0.244 e. The normalized spacial score (nSPS) is 13.4. The molecule has 0 radical (unpaired) electrons. The summed E-state index contributed by atoms with van der Waals surface area (Å²) in [6.45, 7) is 5.21. The third-order valence-corrected chi connectivity index (χ3v) is 6.62. The Kier molecular flexibility index (Phi) is 6.40. The monoisotopic (exact) mass is 469 g/mol. The molecule has 0 spiro atoms.